The van der Waals surface area contributed by atoms with Crippen molar-refractivity contribution in [2.75, 3.05) is 12.4 Å². The maximum absolute atomic E-state index is 6.81. The van der Waals surface area contributed by atoms with Crippen LogP contribution in [0.15, 0.2) is 0 Å². The maximum atomic E-state index is 6.81. The van der Waals surface area contributed by atoms with Crippen molar-refractivity contribution in [3.63, 3.8) is 0 Å². The summed E-state index contributed by atoms with van der Waals surface area (Å²) in [4.78, 5) is 0. The summed E-state index contributed by atoms with van der Waals surface area (Å²) >= 11 is 5.43. The molecule has 0 aromatic heterocycles. The van der Waals surface area contributed by atoms with Gasteiger partial charge in [0, 0.05) is 12.4 Å². The molecule has 1 N–H and O–H groups in total. The van der Waals surface area contributed by atoms with Crippen LogP contribution in [0.5, 0.6) is 0 Å². The average Bonchev–Trinajstić information content (AvgIpc) is 1.81. The lowest BCUT2D eigenvalue weighted by atomic mass is 10.2. The van der Waals surface area contributed by atoms with Crippen LogP contribution in [0.2, 0.25) is 0 Å². The van der Waals surface area contributed by atoms with Crippen molar-refractivity contribution < 1.29 is 0 Å². The molecular formula is C6H13ClN. The average molecular weight is 135 g/mol. The summed E-state index contributed by atoms with van der Waals surface area (Å²) in [6.07, 6.45) is 4.52. The second-order valence-electron chi connectivity index (χ2n) is 1.85. The van der Waals surface area contributed by atoms with Crippen LogP contribution in [0.4, 0.5) is 0 Å². The van der Waals surface area contributed by atoms with Crippen LogP contribution in [-0.4, -0.2) is 12.4 Å². The molecule has 49 valence electrons. The highest BCUT2D eigenvalue weighted by molar-refractivity contribution is 6.17. The van der Waals surface area contributed by atoms with E-state index in [0.29, 0.717) is 6.54 Å². The number of unbranched alkanes of at least 4 members (excludes halogenated alkanes) is 3. The molecule has 0 fully saturated rings. The predicted octanol–water partition coefficient (Wildman–Crippen LogP) is 2.07. The molecular weight excluding hydrogens is 122 g/mol. The minimum atomic E-state index is 0.572. The van der Waals surface area contributed by atoms with Crippen molar-refractivity contribution in [3.8, 4) is 0 Å². The number of hydrogen-bond acceptors (Lipinski definition) is 0. The smallest absolute Gasteiger partial charge is 0.0223 e. The molecule has 0 heterocycles. The maximum Gasteiger partial charge on any atom is 0.0223 e. The Labute approximate surface area is 56.2 Å². The molecule has 1 radical (unpaired) electrons. The highest BCUT2D eigenvalue weighted by atomic mass is 35.5. The molecule has 2 heteroatoms. The van der Waals surface area contributed by atoms with Crippen molar-refractivity contribution >= 4 is 11.6 Å². The number of halogens is 1. The molecule has 0 aliphatic rings. The molecule has 0 atom stereocenters. The third-order valence-electron chi connectivity index (χ3n) is 1.06. The van der Waals surface area contributed by atoms with E-state index >= 15 is 0 Å². The van der Waals surface area contributed by atoms with Gasteiger partial charge in [0.1, 0.15) is 0 Å². The molecule has 0 unspecified atom stereocenters. The summed E-state index contributed by atoms with van der Waals surface area (Å²) in [6, 6.07) is 0. The highest BCUT2D eigenvalue weighted by Crippen LogP contribution is 1.99. The van der Waals surface area contributed by atoms with Crippen LogP contribution >= 0.6 is 11.6 Å². The van der Waals surface area contributed by atoms with Crippen molar-refractivity contribution in [1.82, 2.24) is 5.73 Å². The zero-order chi connectivity index (χ0) is 6.24. The monoisotopic (exact) mass is 134 g/mol. The van der Waals surface area contributed by atoms with Crippen LogP contribution in [0.25, 0.3) is 0 Å². The minimum Gasteiger partial charge on any atom is -0.258 e. The van der Waals surface area contributed by atoms with Crippen molar-refractivity contribution in [2.24, 2.45) is 0 Å². The third-order valence-corrected chi connectivity index (χ3v) is 1.33. The topological polar surface area (TPSA) is 23.8 Å². The van der Waals surface area contributed by atoms with Gasteiger partial charge in [-0.1, -0.05) is 12.8 Å². The zero-order valence-electron chi connectivity index (χ0n) is 5.12. The van der Waals surface area contributed by atoms with Gasteiger partial charge in [-0.25, -0.2) is 0 Å². The van der Waals surface area contributed by atoms with E-state index in [2.05, 4.69) is 0 Å². The molecule has 0 saturated carbocycles. The van der Waals surface area contributed by atoms with Crippen LogP contribution in [-0.2, 0) is 0 Å². The van der Waals surface area contributed by atoms with Crippen molar-refractivity contribution in [3.05, 3.63) is 0 Å². The Morgan fingerprint density at radius 2 is 1.62 bits per heavy atom. The normalized spacial score (nSPS) is 9.75. The Balaban J connectivity index is 2.53. The van der Waals surface area contributed by atoms with E-state index in [9.17, 15) is 0 Å². The molecule has 0 rings (SSSR count). The van der Waals surface area contributed by atoms with Gasteiger partial charge in [-0.3, -0.25) is 5.73 Å². The van der Waals surface area contributed by atoms with Crippen molar-refractivity contribution in [1.29, 1.82) is 0 Å². The summed E-state index contributed by atoms with van der Waals surface area (Å²) < 4.78 is 0. The number of hydrogen-bond donors (Lipinski definition) is 0. The van der Waals surface area contributed by atoms with E-state index in [1.807, 2.05) is 0 Å². The first-order valence-corrected chi connectivity index (χ1v) is 3.66. The summed E-state index contributed by atoms with van der Waals surface area (Å²) in [5.41, 5.74) is 6.81. The Kier molecular flexibility index (Phi) is 7.48. The SMILES string of the molecule is [NH]CCCCCCCl. The van der Waals surface area contributed by atoms with Gasteiger partial charge in [-0.2, -0.15) is 0 Å². The molecule has 0 amide bonds. The van der Waals surface area contributed by atoms with Crippen LogP contribution in [0, 0.1) is 0 Å². The third kappa shape index (κ3) is 6.25. The molecule has 0 aromatic carbocycles. The van der Waals surface area contributed by atoms with Gasteiger partial charge < -0.3 is 0 Å². The number of nitrogens with one attached hydrogen (secondary N) is 1. The highest BCUT2D eigenvalue weighted by Gasteiger charge is 1.84. The van der Waals surface area contributed by atoms with Crippen LogP contribution in [0.1, 0.15) is 25.7 Å². The van der Waals surface area contributed by atoms with Crippen LogP contribution < -0.4 is 5.73 Å². The fraction of sp³-hybridized carbons (Fsp3) is 1.00. The van der Waals surface area contributed by atoms with Gasteiger partial charge in [-0.15, -0.1) is 11.6 Å². The lowest BCUT2D eigenvalue weighted by molar-refractivity contribution is 0.671. The summed E-state index contributed by atoms with van der Waals surface area (Å²) in [7, 11) is 0. The van der Waals surface area contributed by atoms with E-state index in [0.717, 1.165) is 18.7 Å². The molecule has 0 aliphatic heterocycles. The van der Waals surface area contributed by atoms with E-state index in [1.54, 1.807) is 0 Å². The second kappa shape index (κ2) is 7.25. The summed E-state index contributed by atoms with van der Waals surface area (Å²) in [6.45, 7) is 0.572. The molecule has 8 heavy (non-hydrogen) atoms. The quantitative estimate of drug-likeness (QED) is 0.406. The molecule has 0 aliphatic carbocycles. The molecule has 0 bridgehead atoms. The van der Waals surface area contributed by atoms with Gasteiger partial charge in [0.2, 0.25) is 0 Å². The largest absolute Gasteiger partial charge is 0.258 e. The van der Waals surface area contributed by atoms with Gasteiger partial charge in [-0.05, 0) is 12.8 Å². The zero-order valence-corrected chi connectivity index (χ0v) is 5.88. The standard InChI is InChI=1S/C6H13ClN/c7-5-3-1-2-4-6-8/h8H,1-6H2. The summed E-state index contributed by atoms with van der Waals surface area (Å²) in [5, 5.41) is 0. The molecule has 1 nitrogen and oxygen atoms in total. The first kappa shape index (κ1) is 8.25. The van der Waals surface area contributed by atoms with E-state index < -0.39 is 0 Å². The fourth-order valence-corrected chi connectivity index (χ4v) is 0.762. The first-order valence-electron chi connectivity index (χ1n) is 3.12. The fourth-order valence-electron chi connectivity index (χ4n) is 0.573. The van der Waals surface area contributed by atoms with E-state index in [1.165, 1.54) is 12.8 Å². The van der Waals surface area contributed by atoms with Gasteiger partial charge in [0.15, 0.2) is 0 Å². The second-order valence-corrected chi connectivity index (χ2v) is 2.23. The van der Waals surface area contributed by atoms with Gasteiger partial charge >= 0.3 is 0 Å². The molecule has 0 aromatic rings. The van der Waals surface area contributed by atoms with Gasteiger partial charge in [0.05, 0.1) is 0 Å². The van der Waals surface area contributed by atoms with Gasteiger partial charge in [0.25, 0.3) is 0 Å². The van der Waals surface area contributed by atoms with Crippen LogP contribution in [0.3, 0.4) is 0 Å². The first-order chi connectivity index (χ1) is 3.91. The molecule has 0 saturated heterocycles. The Hall–Kier alpha value is 0.250. The van der Waals surface area contributed by atoms with E-state index in [4.69, 9.17) is 17.3 Å². The molecule has 0 spiro atoms. The Morgan fingerprint density at radius 3 is 2.12 bits per heavy atom. The lowest BCUT2D eigenvalue weighted by Gasteiger charge is -1.92. The minimum absolute atomic E-state index is 0.572. The van der Waals surface area contributed by atoms with E-state index in [-0.39, 0.29) is 0 Å². The summed E-state index contributed by atoms with van der Waals surface area (Å²) in [5.74, 6) is 0.776. The Bertz CT molecular complexity index is 33.5. The Morgan fingerprint density at radius 1 is 1.00 bits per heavy atom. The van der Waals surface area contributed by atoms with Crippen molar-refractivity contribution in [2.45, 2.75) is 25.7 Å². The number of rotatable bonds is 5. The predicted molar refractivity (Wildman–Crippen MR) is 37.2 cm³/mol. The lowest BCUT2D eigenvalue weighted by Crippen LogP contribution is -1.85. The number of alkyl halides is 1.